The van der Waals surface area contributed by atoms with Gasteiger partial charge >= 0.3 is 5.37 Å². The number of rotatable bonds is 1. The number of hydrogen-bond acceptors (Lipinski definition) is 1. The Bertz CT molecular complexity index is 164. The van der Waals surface area contributed by atoms with Gasteiger partial charge < -0.3 is 4.90 Å². The third kappa shape index (κ3) is 2.37. The lowest BCUT2D eigenvalue weighted by molar-refractivity contribution is 0.183. The van der Waals surface area contributed by atoms with Crippen LogP contribution in [0.2, 0.25) is 0 Å². The van der Waals surface area contributed by atoms with Crippen molar-refractivity contribution in [1.29, 1.82) is 0 Å². The summed E-state index contributed by atoms with van der Waals surface area (Å²) in [5.41, 5.74) is 0. The van der Waals surface area contributed by atoms with E-state index in [1.54, 1.807) is 11.9 Å². The minimum atomic E-state index is -0.324. The van der Waals surface area contributed by atoms with E-state index < -0.39 is 0 Å². The molecule has 1 rings (SSSR count). The van der Waals surface area contributed by atoms with E-state index in [9.17, 15) is 4.79 Å². The summed E-state index contributed by atoms with van der Waals surface area (Å²) >= 11 is 5.38. The van der Waals surface area contributed by atoms with Gasteiger partial charge in [-0.2, -0.15) is 0 Å². The number of carbonyl (C=O) groups excluding carboxylic acids is 1. The molecule has 3 heteroatoms. The van der Waals surface area contributed by atoms with Crippen LogP contribution in [0.4, 0.5) is 4.79 Å². The Morgan fingerprint density at radius 1 is 1.33 bits per heavy atom. The molecule has 0 radical (unpaired) electrons. The Labute approximate surface area is 78.9 Å². The SMILES string of the molecule is CC1CCC(N(C)C(=O)Cl)CC1. The summed E-state index contributed by atoms with van der Waals surface area (Å²) in [5.74, 6) is 0.820. The minimum absolute atomic E-state index is 0.324. The average molecular weight is 190 g/mol. The molecule has 2 nitrogen and oxygen atoms in total. The third-order valence-electron chi connectivity index (χ3n) is 2.81. The second kappa shape index (κ2) is 4.13. The first-order valence-corrected chi connectivity index (χ1v) is 4.91. The lowest BCUT2D eigenvalue weighted by Gasteiger charge is -2.32. The fourth-order valence-electron chi connectivity index (χ4n) is 1.77. The molecule has 0 aromatic rings. The summed E-state index contributed by atoms with van der Waals surface area (Å²) in [6.07, 6.45) is 4.66. The molecule has 0 aromatic heterocycles. The van der Waals surface area contributed by atoms with Crippen LogP contribution in [0.25, 0.3) is 0 Å². The maximum atomic E-state index is 10.8. The molecule has 0 heterocycles. The first kappa shape index (κ1) is 9.85. The maximum absolute atomic E-state index is 10.8. The van der Waals surface area contributed by atoms with E-state index in [1.165, 1.54) is 12.8 Å². The lowest BCUT2D eigenvalue weighted by atomic mass is 9.87. The van der Waals surface area contributed by atoms with E-state index in [0.29, 0.717) is 6.04 Å². The molecule has 1 fully saturated rings. The summed E-state index contributed by atoms with van der Waals surface area (Å²) in [4.78, 5) is 12.5. The summed E-state index contributed by atoms with van der Waals surface area (Å²) < 4.78 is 0. The van der Waals surface area contributed by atoms with Crippen LogP contribution >= 0.6 is 11.6 Å². The van der Waals surface area contributed by atoms with Crippen molar-refractivity contribution < 1.29 is 4.79 Å². The van der Waals surface area contributed by atoms with Gasteiger partial charge in [-0.05, 0) is 43.2 Å². The first-order chi connectivity index (χ1) is 5.61. The van der Waals surface area contributed by atoms with Crippen molar-refractivity contribution in [3.05, 3.63) is 0 Å². The van der Waals surface area contributed by atoms with Crippen molar-refractivity contribution >= 4 is 17.0 Å². The van der Waals surface area contributed by atoms with Gasteiger partial charge in [-0.3, -0.25) is 4.79 Å². The number of nitrogens with zero attached hydrogens (tertiary/aromatic N) is 1. The minimum Gasteiger partial charge on any atom is -0.329 e. The van der Waals surface area contributed by atoms with Crippen LogP contribution in [0.15, 0.2) is 0 Å². The molecule has 0 unspecified atom stereocenters. The molecule has 0 aromatic carbocycles. The molecule has 1 aliphatic carbocycles. The summed E-state index contributed by atoms with van der Waals surface area (Å²) in [5, 5.41) is -0.324. The second-order valence-corrected chi connectivity index (χ2v) is 4.10. The van der Waals surface area contributed by atoms with E-state index in [4.69, 9.17) is 11.6 Å². The van der Waals surface area contributed by atoms with E-state index in [2.05, 4.69) is 6.92 Å². The summed E-state index contributed by atoms with van der Waals surface area (Å²) in [6, 6.07) is 0.381. The molecule has 0 saturated heterocycles. The number of amides is 1. The van der Waals surface area contributed by atoms with Crippen molar-refractivity contribution in [2.75, 3.05) is 7.05 Å². The fraction of sp³-hybridized carbons (Fsp3) is 0.889. The third-order valence-corrected chi connectivity index (χ3v) is 3.08. The molecule has 1 saturated carbocycles. The van der Waals surface area contributed by atoms with Gasteiger partial charge in [0.05, 0.1) is 0 Å². The van der Waals surface area contributed by atoms with Gasteiger partial charge in [-0.25, -0.2) is 0 Å². The number of halogens is 1. The van der Waals surface area contributed by atoms with E-state index in [0.717, 1.165) is 18.8 Å². The normalized spacial score (nSPS) is 29.9. The molecular formula is C9H16ClNO. The Morgan fingerprint density at radius 2 is 1.83 bits per heavy atom. The zero-order valence-corrected chi connectivity index (χ0v) is 8.47. The molecular weight excluding hydrogens is 174 g/mol. The molecule has 0 spiro atoms. The van der Waals surface area contributed by atoms with Crippen molar-refractivity contribution in [3.63, 3.8) is 0 Å². The zero-order valence-electron chi connectivity index (χ0n) is 7.72. The van der Waals surface area contributed by atoms with Gasteiger partial charge in [0.2, 0.25) is 0 Å². The predicted molar refractivity (Wildman–Crippen MR) is 50.4 cm³/mol. The highest BCUT2D eigenvalue weighted by atomic mass is 35.5. The monoisotopic (exact) mass is 189 g/mol. The van der Waals surface area contributed by atoms with Crippen molar-refractivity contribution in [3.8, 4) is 0 Å². The van der Waals surface area contributed by atoms with Crippen molar-refractivity contribution in [2.45, 2.75) is 38.6 Å². The van der Waals surface area contributed by atoms with Gasteiger partial charge in [-0.15, -0.1) is 0 Å². The Balaban J connectivity index is 2.39. The Kier molecular flexibility index (Phi) is 3.39. The van der Waals surface area contributed by atoms with Gasteiger partial charge in [0, 0.05) is 13.1 Å². The molecule has 0 aliphatic heterocycles. The average Bonchev–Trinajstić information content (AvgIpc) is 2.04. The number of hydrogen-bond donors (Lipinski definition) is 0. The molecule has 0 bridgehead atoms. The summed E-state index contributed by atoms with van der Waals surface area (Å²) in [7, 11) is 1.79. The summed E-state index contributed by atoms with van der Waals surface area (Å²) in [6.45, 7) is 2.26. The van der Waals surface area contributed by atoms with Crippen LogP contribution in [-0.4, -0.2) is 23.4 Å². The van der Waals surface area contributed by atoms with Gasteiger partial charge in [-0.1, -0.05) is 6.92 Å². The first-order valence-electron chi connectivity index (χ1n) is 4.53. The van der Waals surface area contributed by atoms with Crippen LogP contribution in [-0.2, 0) is 0 Å². The van der Waals surface area contributed by atoms with Crippen LogP contribution < -0.4 is 0 Å². The number of carbonyl (C=O) groups is 1. The van der Waals surface area contributed by atoms with E-state index in [-0.39, 0.29) is 5.37 Å². The maximum Gasteiger partial charge on any atom is 0.316 e. The van der Waals surface area contributed by atoms with E-state index in [1.807, 2.05) is 0 Å². The van der Waals surface area contributed by atoms with Crippen LogP contribution in [0, 0.1) is 5.92 Å². The quantitative estimate of drug-likeness (QED) is 0.459. The fourth-order valence-corrected chi connectivity index (χ4v) is 1.91. The molecule has 70 valence electrons. The lowest BCUT2D eigenvalue weighted by Crippen LogP contribution is -2.36. The zero-order chi connectivity index (χ0) is 9.14. The van der Waals surface area contributed by atoms with Crippen molar-refractivity contribution in [2.24, 2.45) is 5.92 Å². The molecule has 12 heavy (non-hydrogen) atoms. The standard InChI is InChI=1S/C9H16ClNO/c1-7-3-5-8(6-4-7)11(2)9(10)12/h7-8H,3-6H2,1-2H3. The molecule has 1 amide bonds. The van der Waals surface area contributed by atoms with Crippen molar-refractivity contribution in [1.82, 2.24) is 4.90 Å². The Hall–Kier alpha value is -0.240. The predicted octanol–water partition coefficient (Wildman–Crippen LogP) is 2.86. The molecule has 1 aliphatic rings. The highest BCUT2D eigenvalue weighted by Crippen LogP contribution is 2.26. The topological polar surface area (TPSA) is 20.3 Å². The second-order valence-electron chi connectivity index (χ2n) is 3.78. The van der Waals surface area contributed by atoms with Crippen LogP contribution in [0.1, 0.15) is 32.6 Å². The van der Waals surface area contributed by atoms with Crippen LogP contribution in [0.3, 0.4) is 0 Å². The van der Waals surface area contributed by atoms with Crippen LogP contribution in [0.5, 0.6) is 0 Å². The molecule has 0 N–H and O–H groups in total. The largest absolute Gasteiger partial charge is 0.329 e. The molecule has 0 atom stereocenters. The van der Waals surface area contributed by atoms with E-state index >= 15 is 0 Å². The highest BCUT2D eigenvalue weighted by molar-refractivity contribution is 6.62. The van der Waals surface area contributed by atoms with Gasteiger partial charge in [0.25, 0.3) is 0 Å². The van der Waals surface area contributed by atoms with Gasteiger partial charge in [0.15, 0.2) is 0 Å². The van der Waals surface area contributed by atoms with Gasteiger partial charge in [0.1, 0.15) is 0 Å². The highest BCUT2D eigenvalue weighted by Gasteiger charge is 2.23. The Morgan fingerprint density at radius 3 is 2.25 bits per heavy atom. The smallest absolute Gasteiger partial charge is 0.316 e.